The normalized spacial score (nSPS) is 10.7. The van der Waals surface area contributed by atoms with E-state index >= 15 is 0 Å². The summed E-state index contributed by atoms with van der Waals surface area (Å²) in [4.78, 5) is 10.4. The molecule has 0 N–H and O–H groups in total. The van der Waals surface area contributed by atoms with Crippen LogP contribution in [0.2, 0.25) is 0 Å². The van der Waals surface area contributed by atoms with Crippen molar-refractivity contribution in [1.82, 2.24) is 4.57 Å². The maximum absolute atomic E-state index is 10.8. The summed E-state index contributed by atoms with van der Waals surface area (Å²) in [7, 11) is 0. The van der Waals surface area contributed by atoms with Crippen molar-refractivity contribution in [3.8, 4) is 0 Å². The molecule has 0 aliphatic rings. The molecular formula is C15H12N2O2. The molecule has 3 rings (SSSR count). The molecule has 0 spiro atoms. The van der Waals surface area contributed by atoms with E-state index < -0.39 is 0 Å². The molecule has 0 bridgehead atoms. The van der Waals surface area contributed by atoms with Crippen LogP contribution in [0.25, 0.3) is 10.9 Å². The van der Waals surface area contributed by atoms with Gasteiger partial charge < -0.3 is 4.57 Å². The van der Waals surface area contributed by atoms with E-state index in [-0.39, 0.29) is 10.6 Å². The first-order valence-corrected chi connectivity index (χ1v) is 6.01. The van der Waals surface area contributed by atoms with Crippen LogP contribution in [0.5, 0.6) is 0 Å². The SMILES string of the molecule is O=[N+]([O-])c1cccc(Cn2ccc3ccccc32)c1. The highest BCUT2D eigenvalue weighted by Gasteiger charge is 2.07. The van der Waals surface area contributed by atoms with Crippen molar-refractivity contribution < 1.29 is 4.92 Å². The zero-order chi connectivity index (χ0) is 13.2. The summed E-state index contributed by atoms with van der Waals surface area (Å²) >= 11 is 0. The van der Waals surface area contributed by atoms with Crippen molar-refractivity contribution in [2.24, 2.45) is 0 Å². The van der Waals surface area contributed by atoms with Gasteiger partial charge in [0.05, 0.1) is 4.92 Å². The molecule has 0 fully saturated rings. The molecule has 19 heavy (non-hydrogen) atoms. The smallest absolute Gasteiger partial charge is 0.269 e. The van der Waals surface area contributed by atoms with Crippen molar-refractivity contribution in [1.29, 1.82) is 0 Å². The fraction of sp³-hybridized carbons (Fsp3) is 0.0667. The maximum Gasteiger partial charge on any atom is 0.269 e. The predicted octanol–water partition coefficient (Wildman–Crippen LogP) is 3.60. The Balaban J connectivity index is 1.97. The molecule has 0 radical (unpaired) electrons. The van der Waals surface area contributed by atoms with Crippen molar-refractivity contribution >= 4 is 16.6 Å². The number of fused-ring (bicyclic) bond motifs is 1. The molecule has 4 heteroatoms. The molecule has 0 unspecified atom stereocenters. The van der Waals surface area contributed by atoms with E-state index in [4.69, 9.17) is 0 Å². The molecule has 1 heterocycles. The number of non-ortho nitro benzene ring substituents is 1. The molecule has 2 aromatic carbocycles. The predicted molar refractivity (Wildman–Crippen MR) is 74.1 cm³/mol. The van der Waals surface area contributed by atoms with Crippen molar-refractivity contribution in [2.45, 2.75) is 6.54 Å². The fourth-order valence-corrected chi connectivity index (χ4v) is 2.24. The molecule has 0 amide bonds. The van der Waals surface area contributed by atoms with Gasteiger partial charge in [-0.1, -0.05) is 30.3 Å². The fourth-order valence-electron chi connectivity index (χ4n) is 2.24. The lowest BCUT2D eigenvalue weighted by Gasteiger charge is -2.05. The number of nitro groups is 1. The van der Waals surface area contributed by atoms with Gasteiger partial charge in [-0.3, -0.25) is 10.1 Å². The van der Waals surface area contributed by atoms with Crippen LogP contribution in [0.4, 0.5) is 5.69 Å². The van der Waals surface area contributed by atoms with Crippen LogP contribution in [-0.4, -0.2) is 9.49 Å². The summed E-state index contributed by atoms with van der Waals surface area (Å²) in [6, 6.07) is 16.9. The van der Waals surface area contributed by atoms with Crippen LogP contribution in [0.3, 0.4) is 0 Å². The molecule has 94 valence electrons. The quantitative estimate of drug-likeness (QED) is 0.528. The second kappa shape index (κ2) is 4.57. The molecule has 0 aliphatic carbocycles. The van der Waals surface area contributed by atoms with Gasteiger partial charge in [0.15, 0.2) is 0 Å². The van der Waals surface area contributed by atoms with Gasteiger partial charge in [-0.2, -0.15) is 0 Å². The lowest BCUT2D eigenvalue weighted by Crippen LogP contribution is -1.98. The summed E-state index contributed by atoms with van der Waals surface area (Å²) in [5.74, 6) is 0. The van der Waals surface area contributed by atoms with Crippen molar-refractivity contribution in [3.05, 3.63) is 76.5 Å². The highest BCUT2D eigenvalue weighted by molar-refractivity contribution is 5.80. The highest BCUT2D eigenvalue weighted by atomic mass is 16.6. The molecule has 0 saturated heterocycles. The van der Waals surface area contributed by atoms with E-state index in [1.165, 1.54) is 11.5 Å². The number of aromatic nitrogens is 1. The molecular weight excluding hydrogens is 240 g/mol. The van der Waals surface area contributed by atoms with E-state index in [1.54, 1.807) is 12.1 Å². The highest BCUT2D eigenvalue weighted by Crippen LogP contribution is 2.19. The van der Waals surface area contributed by atoms with E-state index in [9.17, 15) is 10.1 Å². The minimum atomic E-state index is -0.364. The van der Waals surface area contributed by atoms with Crippen LogP contribution in [0.15, 0.2) is 60.8 Å². The summed E-state index contributed by atoms with van der Waals surface area (Å²) < 4.78 is 2.09. The van der Waals surface area contributed by atoms with E-state index in [0.29, 0.717) is 6.54 Å². The van der Waals surface area contributed by atoms with E-state index in [2.05, 4.69) is 10.6 Å². The second-order valence-electron chi connectivity index (χ2n) is 4.43. The number of nitro benzene ring substituents is 1. The van der Waals surface area contributed by atoms with Crippen LogP contribution in [-0.2, 0) is 6.54 Å². The topological polar surface area (TPSA) is 48.1 Å². The Morgan fingerprint density at radius 2 is 1.89 bits per heavy atom. The first-order chi connectivity index (χ1) is 9.24. The Morgan fingerprint density at radius 1 is 1.05 bits per heavy atom. The van der Waals surface area contributed by atoms with Gasteiger partial charge in [0, 0.05) is 30.4 Å². The standard InChI is InChI=1S/C15H12N2O2/c18-17(19)14-6-3-4-12(10-14)11-16-9-8-13-5-1-2-7-15(13)16/h1-10H,11H2. The first kappa shape index (κ1) is 11.5. The maximum atomic E-state index is 10.8. The Morgan fingerprint density at radius 3 is 2.74 bits per heavy atom. The second-order valence-corrected chi connectivity index (χ2v) is 4.43. The summed E-state index contributed by atoms with van der Waals surface area (Å²) in [6.07, 6.45) is 2.00. The third-order valence-electron chi connectivity index (χ3n) is 3.15. The molecule has 0 saturated carbocycles. The van der Waals surface area contributed by atoms with Crippen LogP contribution < -0.4 is 0 Å². The number of rotatable bonds is 3. The van der Waals surface area contributed by atoms with E-state index in [1.807, 2.05) is 36.5 Å². The molecule has 0 atom stereocenters. The van der Waals surface area contributed by atoms with Gasteiger partial charge in [0.2, 0.25) is 0 Å². The van der Waals surface area contributed by atoms with E-state index in [0.717, 1.165) is 11.1 Å². The minimum Gasteiger partial charge on any atom is -0.343 e. The summed E-state index contributed by atoms with van der Waals surface area (Å²) in [5.41, 5.74) is 2.19. The third-order valence-corrected chi connectivity index (χ3v) is 3.15. The van der Waals surface area contributed by atoms with Gasteiger partial charge >= 0.3 is 0 Å². The van der Waals surface area contributed by atoms with Crippen LogP contribution in [0.1, 0.15) is 5.56 Å². The number of hydrogen-bond donors (Lipinski definition) is 0. The van der Waals surface area contributed by atoms with Gasteiger partial charge in [-0.25, -0.2) is 0 Å². The summed E-state index contributed by atoms with van der Waals surface area (Å²) in [5, 5.41) is 11.9. The number of para-hydroxylation sites is 1. The minimum absolute atomic E-state index is 0.133. The van der Waals surface area contributed by atoms with Gasteiger partial charge in [-0.15, -0.1) is 0 Å². The van der Waals surface area contributed by atoms with Gasteiger partial charge in [-0.05, 0) is 23.1 Å². The Kier molecular flexibility index (Phi) is 2.76. The number of hydrogen-bond acceptors (Lipinski definition) is 2. The average Bonchev–Trinajstić information content (AvgIpc) is 2.83. The number of benzene rings is 2. The first-order valence-electron chi connectivity index (χ1n) is 6.01. The Bertz CT molecular complexity index is 746. The third kappa shape index (κ3) is 2.20. The summed E-state index contributed by atoms with van der Waals surface area (Å²) in [6.45, 7) is 0.634. The lowest BCUT2D eigenvalue weighted by atomic mass is 10.2. The van der Waals surface area contributed by atoms with Crippen LogP contribution in [0, 0.1) is 10.1 Å². The zero-order valence-corrected chi connectivity index (χ0v) is 10.2. The van der Waals surface area contributed by atoms with Crippen LogP contribution >= 0.6 is 0 Å². The molecule has 3 aromatic rings. The molecule has 0 aliphatic heterocycles. The largest absolute Gasteiger partial charge is 0.343 e. The molecule has 1 aromatic heterocycles. The Labute approximate surface area is 110 Å². The molecule has 4 nitrogen and oxygen atoms in total. The lowest BCUT2D eigenvalue weighted by molar-refractivity contribution is -0.384. The number of nitrogens with zero attached hydrogens (tertiary/aromatic N) is 2. The van der Waals surface area contributed by atoms with Crippen molar-refractivity contribution in [3.63, 3.8) is 0 Å². The van der Waals surface area contributed by atoms with Gasteiger partial charge in [0.25, 0.3) is 5.69 Å². The zero-order valence-electron chi connectivity index (χ0n) is 10.2. The average molecular weight is 252 g/mol. The van der Waals surface area contributed by atoms with Crippen molar-refractivity contribution in [2.75, 3.05) is 0 Å². The monoisotopic (exact) mass is 252 g/mol. The van der Waals surface area contributed by atoms with Gasteiger partial charge in [0.1, 0.15) is 0 Å². The Hall–Kier alpha value is -2.62.